The number of aryl methyl sites for hydroxylation is 3. The number of rotatable bonds is 3. The summed E-state index contributed by atoms with van der Waals surface area (Å²) in [5.41, 5.74) is 8.20. The van der Waals surface area contributed by atoms with Crippen molar-refractivity contribution < 1.29 is 30.0 Å². The van der Waals surface area contributed by atoms with Crippen LogP contribution in [0.1, 0.15) is 55.9 Å². The molecule has 0 amide bonds. The number of aliphatic hydroxyl groups excluding tert-OH is 1. The van der Waals surface area contributed by atoms with Gasteiger partial charge in [-0.1, -0.05) is 51.0 Å². The fourth-order valence-electron chi connectivity index (χ4n) is 3.29. The first kappa shape index (κ1) is 25.7. The van der Waals surface area contributed by atoms with Gasteiger partial charge in [0.05, 0.1) is 11.3 Å². The number of aliphatic hydroxyl groups is 1. The van der Waals surface area contributed by atoms with Crippen LogP contribution < -0.4 is 0 Å². The zero-order valence-electron chi connectivity index (χ0n) is 18.8. The monoisotopic (exact) mass is 581 g/mol. The zero-order chi connectivity index (χ0) is 21.7. The molecule has 0 aliphatic carbocycles. The molecule has 1 aromatic heterocycles. The maximum absolute atomic E-state index is 10.0. The van der Waals surface area contributed by atoms with Gasteiger partial charge in [0, 0.05) is 26.2 Å². The van der Waals surface area contributed by atoms with Crippen molar-refractivity contribution >= 4 is 16.7 Å². The standard InChI is InChI=1S/C21H22N.C5H8O2.Ir/c1-13(2)19-12-17-9-14(3)6-7-20(17)22-21(19)18-10-15(4)8-16(5)11-18;1-4(6)3-5(2)7;/h6-10,12-13H,1-5H3;3,6H,1-2H3;/q-1;;/b;4-3-;. The Morgan fingerprint density at radius 2 is 1.70 bits per heavy atom. The normalized spacial score (nSPS) is 11.0. The largest absolute Gasteiger partial charge is 0.512 e. The van der Waals surface area contributed by atoms with E-state index < -0.39 is 0 Å². The van der Waals surface area contributed by atoms with E-state index in [1.807, 2.05) is 0 Å². The number of carbonyl (C=O) groups is 1. The van der Waals surface area contributed by atoms with Crippen molar-refractivity contribution in [2.45, 2.75) is 54.4 Å². The molecule has 0 saturated heterocycles. The number of nitrogens with zero attached hydrogens (tertiary/aromatic N) is 1. The Labute approximate surface area is 193 Å². The fourth-order valence-corrected chi connectivity index (χ4v) is 3.29. The summed E-state index contributed by atoms with van der Waals surface area (Å²) in [5.74, 6) is 0.370. The van der Waals surface area contributed by atoms with Crippen LogP contribution in [-0.2, 0) is 24.9 Å². The fraction of sp³-hybridized carbons (Fsp3) is 0.308. The maximum atomic E-state index is 10.0. The first-order valence-corrected chi connectivity index (χ1v) is 9.87. The number of carbonyl (C=O) groups excluding carboxylic acids is 1. The van der Waals surface area contributed by atoms with Crippen LogP contribution in [0.4, 0.5) is 0 Å². The van der Waals surface area contributed by atoms with Crippen molar-refractivity contribution in [3.63, 3.8) is 0 Å². The minimum atomic E-state index is -0.125. The molecule has 0 unspecified atom stereocenters. The average Bonchev–Trinajstić information content (AvgIpc) is 2.59. The molecule has 2 aromatic carbocycles. The van der Waals surface area contributed by atoms with Gasteiger partial charge in [0.2, 0.25) is 0 Å². The topological polar surface area (TPSA) is 50.2 Å². The summed E-state index contributed by atoms with van der Waals surface area (Å²) in [6.07, 6.45) is 1.17. The number of allylic oxidation sites excluding steroid dienone is 2. The van der Waals surface area contributed by atoms with E-state index in [9.17, 15) is 4.79 Å². The maximum Gasteiger partial charge on any atom is 0.155 e. The van der Waals surface area contributed by atoms with E-state index in [4.69, 9.17) is 10.1 Å². The number of hydrogen-bond acceptors (Lipinski definition) is 3. The second-order valence-corrected chi connectivity index (χ2v) is 7.93. The third-order valence-electron chi connectivity index (χ3n) is 4.44. The van der Waals surface area contributed by atoms with Gasteiger partial charge in [-0.3, -0.25) is 9.78 Å². The van der Waals surface area contributed by atoms with Crippen LogP contribution in [0, 0.1) is 26.8 Å². The number of fused-ring (bicyclic) bond motifs is 1. The molecule has 0 aliphatic heterocycles. The minimum Gasteiger partial charge on any atom is -0.512 e. The smallest absolute Gasteiger partial charge is 0.155 e. The molecule has 0 saturated carbocycles. The Bertz CT molecular complexity index is 1040. The van der Waals surface area contributed by atoms with Gasteiger partial charge in [0.25, 0.3) is 0 Å². The van der Waals surface area contributed by atoms with E-state index in [2.05, 4.69) is 77.1 Å². The summed E-state index contributed by atoms with van der Waals surface area (Å²) >= 11 is 0. The molecule has 0 atom stereocenters. The molecule has 1 N–H and O–H groups in total. The first-order chi connectivity index (χ1) is 13.6. The molecule has 0 bridgehead atoms. The predicted molar refractivity (Wildman–Crippen MR) is 121 cm³/mol. The number of aromatic nitrogens is 1. The van der Waals surface area contributed by atoms with Gasteiger partial charge in [-0.05, 0) is 49.9 Å². The molecule has 0 spiro atoms. The second-order valence-electron chi connectivity index (χ2n) is 7.93. The first-order valence-electron chi connectivity index (χ1n) is 9.87. The molecular formula is C26H30IrNO2-. The van der Waals surface area contributed by atoms with Gasteiger partial charge in [-0.2, -0.15) is 0 Å². The summed E-state index contributed by atoms with van der Waals surface area (Å²) in [6, 6.07) is 16.6. The van der Waals surface area contributed by atoms with Crippen LogP contribution in [0.15, 0.2) is 48.2 Å². The predicted octanol–water partition coefficient (Wildman–Crippen LogP) is 6.79. The Hall–Kier alpha value is -2.29. The van der Waals surface area contributed by atoms with Crippen LogP contribution in [0.5, 0.6) is 0 Å². The van der Waals surface area contributed by atoms with Crippen molar-refractivity contribution in [3.8, 4) is 11.3 Å². The van der Waals surface area contributed by atoms with Gasteiger partial charge in [0.1, 0.15) is 0 Å². The van der Waals surface area contributed by atoms with Crippen LogP contribution in [-0.4, -0.2) is 15.9 Å². The quantitative estimate of drug-likeness (QED) is 0.211. The van der Waals surface area contributed by atoms with Gasteiger partial charge < -0.3 is 5.11 Å². The van der Waals surface area contributed by atoms with E-state index in [0.29, 0.717) is 5.92 Å². The van der Waals surface area contributed by atoms with Crippen molar-refractivity contribution in [2.75, 3.05) is 0 Å². The third-order valence-corrected chi connectivity index (χ3v) is 4.44. The van der Waals surface area contributed by atoms with Gasteiger partial charge in [-0.15, -0.1) is 34.9 Å². The van der Waals surface area contributed by atoms with E-state index in [1.54, 1.807) is 0 Å². The Morgan fingerprint density at radius 1 is 1.03 bits per heavy atom. The summed E-state index contributed by atoms with van der Waals surface area (Å²) < 4.78 is 0. The minimum absolute atomic E-state index is 0. The third kappa shape index (κ3) is 7.19. The summed E-state index contributed by atoms with van der Waals surface area (Å²) in [4.78, 5) is 15.0. The van der Waals surface area contributed by atoms with Crippen molar-refractivity contribution in [2.24, 2.45) is 0 Å². The van der Waals surface area contributed by atoms with E-state index in [-0.39, 0.29) is 31.6 Å². The van der Waals surface area contributed by atoms with Crippen molar-refractivity contribution in [1.82, 2.24) is 4.98 Å². The average molecular weight is 581 g/mol. The van der Waals surface area contributed by atoms with Crippen molar-refractivity contribution in [1.29, 1.82) is 0 Å². The Morgan fingerprint density at radius 3 is 2.20 bits per heavy atom. The van der Waals surface area contributed by atoms with E-state index in [1.165, 1.54) is 42.0 Å². The van der Waals surface area contributed by atoms with Gasteiger partial charge >= 0.3 is 0 Å². The Kier molecular flexibility index (Phi) is 9.61. The van der Waals surface area contributed by atoms with Crippen LogP contribution in [0.3, 0.4) is 0 Å². The molecule has 0 aliphatic rings. The SMILES string of the molecule is CC(=O)/C=C(/C)O.Cc1[c-]c(-c2nc3ccc(C)cc3cc2C(C)C)cc(C)c1.[Ir]. The molecule has 4 heteroatoms. The number of hydrogen-bond donors (Lipinski definition) is 1. The number of pyridine rings is 1. The van der Waals surface area contributed by atoms with E-state index in [0.717, 1.165) is 22.3 Å². The Balaban J connectivity index is 0.000000489. The molecule has 3 rings (SSSR count). The van der Waals surface area contributed by atoms with Crippen LogP contribution >= 0.6 is 0 Å². The molecule has 30 heavy (non-hydrogen) atoms. The summed E-state index contributed by atoms with van der Waals surface area (Å²) in [7, 11) is 0. The van der Waals surface area contributed by atoms with Gasteiger partial charge in [-0.25, -0.2) is 0 Å². The van der Waals surface area contributed by atoms with Crippen molar-refractivity contribution in [3.05, 3.63) is 76.6 Å². The number of ketones is 1. The molecule has 0 fully saturated rings. The summed E-state index contributed by atoms with van der Waals surface area (Å²) in [6.45, 7) is 13.6. The van der Waals surface area contributed by atoms with E-state index >= 15 is 0 Å². The number of benzene rings is 2. The molecule has 1 radical (unpaired) electrons. The molecular weight excluding hydrogens is 551 g/mol. The van der Waals surface area contributed by atoms with Crippen LogP contribution in [0.2, 0.25) is 0 Å². The van der Waals surface area contributed by atoms with Gasteiger partial charge in [0.15, 0.2) is 5.78 Å². The molecule has 3 aromatic rings. The molecule has 161 valence electrons. The molecule has 1 heterocycles. The molecule has 3 nitrogen and oxygen atoms in total. The summed E-state index contributed by atoms with van der Waals surface area (Å²) in [5, 5.41) is 9.58. The zero-order valence-corrected chi connectivity index (χ0v) is 21.1. The second kappa shape index (κ2) is 11.2. The van der Waals surface area contributed by atoms with Crippen LogP contribution in [0.25, 0.3) is 22.2 Å².